The summed E-state index contributed by atoms with van der Waals surface area (Å²) < 4.78 is 27.6. The second-order valence-corrected chi connectivity index (χ2v) is 7.35. The molecule has 0 bridgehead atoms. The minimum atomic E-state index is -3.03. The highest BCUT2D eigenvalue weighted by Gasteiger charge is 2.13. The number of rotatable bonds is 8. The van der Waals surface area contributed by atoms with Crippen molar-refractivity contribution in [2.45, 2.75) is 33.4 Å². The van der Waals surface area contributed by atoms with Crippen molar-refractivity contribution >= 4 is 15.9 Å². The Hall–Kier alpha value is -1.15. The van der Waals surface area contributed by atoms with E-state index in [0.29, 0.717) is 18.4 Å². The lowest BCUT2D eigenvalue weighted by Gasteiger charge is -2.09. The van der Waals surface area contributed by atoms with Gasteiger partial charge in [0.1, 0.15) is 9.84 Å². The quantitative estimate of drug-likeness (QED) is 0.726. The summed E-state index contributed by atoms with van der Waals surface area (Å²) in [6.45, 7) is 7.35. The maximum absolute atomic E-state index is 11.1. The molecule has 0 fully saturated rings. The smallest absolute Gasteiger partial charge is 0.315 e. The van der Waals surface area contributed by atoms with E-state index in [-0.39, 0.29) is 17.8 Å². The van der Waals surface area contributed by atoms with E-state index in [0.717, 1.165) is 6.54 Å². The van der Waals surface area contributed by atoms with Crippen LogP contribution >= 0.6 is 0 Å². The number of aromatic nitrogens is 2. The van der Waals surface area contributed by atoms with Gasteiger partial charge in [0.05, 0.1) is 12.3 Å². The van der Waals surface area contributed by atoms with Crippen LogP contribution in [0.4, 0.5) is 6.01 Å². The first-order chi connectivity index (χ1) is 8.76. The Labute approximate surface area is 114 Å². The third-order valence-electron chi connectivity index (χ3n) is 2.22. The van der Waals surface area contributed by atoms with Crippen LogP contribution in [0.1, 0.15) is 26.7 Å². The Morgan fingerprint density at radius 1 is 1.26 bits per heavy atom. The molecule has 8 heteroatoms. The van der Waals surface area contributed by atoms with Crippen LogP contribution in [0.5, 0.6) is 0 Å². The van der Waals surface area contributed by atoms with Crippen LogP contribution in [0.2, 0.25) is 0 Å². The van der Waals surface area contributed by atoms with Crippen molar-refractivity contribution in [3.05, 3.63) is 5.89 Å². The Kier molecular flexibility index (Phi) is 5.74. The topological polar surface area (TPSA) is 97.1 Å². The van der Waals surface area contributed by atoms with Crippen LogP contribution in [0, 0.1) is 5.92 Å². The molecule has 0 aromatic carbocycles. The molecule has 1 unspecified atom stereocenters. The molecule has 7 nitrogen and oxygen atoms in total. The van der Waals surface area contributed by atoms with Crippen molar-refractivity contribution in [1.82, 2.24) is 15.5 Å². The first kappa shape index (κ1) is 15.9. The maximum atomic E-state index is 11.1. The number of nitrogens with zero attached hydrogens (tertiary/aromatic N) is 2. The van der Waals surface area contributed by atoms with Gasteiger partial charge in [-0.25, -0.2) is 8.42 Å². The molecule has 1 aromatic rings. The Morgan fingerprint density at radius 2 is 1.95 bits per heavy atom. The standard InChI is InChI=1S/C11H22N4O3S/c1-8(2)5-12-6-10-14-15-11(18-10)13-9(3)7-19(4,16)17/h8-9,12H,5-7H2,1-4H3,(H,13,15). The lowest BCUT2D eigenvalue weighted by molar-refractivity contribution is 0.457. The zero-order valence-corrected chi connectivity index (χ0v) is 12.6. The highest BCUT2D eigenvalue weighted by molar-refractivity contribution is 7.90. The molecular formula is C11H22N4O3S. The SMILES string of the molecule is CC(C)CNCc1nnc(NC(C)CS(C)(=O)=O)o1. The van der Waals surface area contributed by atoms with Crippen molar-refractivity contribution in [2.24, 2.45) is 5.92 Å². The lowest BCUT2D eigenvalue weighted by atomic mass is 10.2. The Morgan fingerprint density at radius 3 is 2.53 bits per heavy atom. The molecule has 0 spiro atoms. The predicted octanol–water partition coefficient (Wildman–Crippen LogP) is 0.660. The molecule has 0 aliphatic rings. The van der Waals surface area contributed by atoms with Crippen LogP contribution in [-0.2, 0) is 16.4 Å². The van der Waals surface area contributed by atoms with Crippen molar-refractivity contribution in [1.29, 1.82) is 0 Å². The van der Waals surface area contributed by atoms with Gasteiger partial charge >= 0.3 is 6.01 Å². The fourth-order valence-corrected chi connectivity index (χ4v) is 2.55. The second-order valence-electron chi connectivity index (χ2n) is 5.16. The van der Waals surface area contributed by atoms with Crippen molar-refractivity contribution in [2.75, 3.05) is 23.9 Å². The molecule has 110 valence electrons. The van der Waals surface area contributed by atoms with Gasteiger partial charge in [-0.15, -0.1) is 5.10 Å². The van der Waals surface area contributed by atoms with Crippen LogP contribution in [0.3, 0.4) is 0 Å². The molecule has 0 amide bonds. The van der Waals surface area contributed by atoms with Crippen molar-refractivity contribution in [3.63, 3.8) is 0 Å². The van der Waals surface area contributed by atoms with Crippen LogP contribution < -0.4 is 10.6 Å². The third kappa shape index (κ3) is 7.12. The van der Waals surface area contributed by atoms with E-state index in [1.807, 2.05) is 0 Å². The van der Waals surface area contributed by atoms with E-state index < -0.39 is 9.84 Å². The minimum Gasteiger partial charge on any atom is -0.407 e. The molecule has 0 aliphatic heterocycles. The van der Waals surface area contributed by atoms with Crippen LogP contribution in [0.15, 0.2) is 4.42 Å². The average molecular weight is 290 g/mol. The molecule has 0 saturated heterocycles. The summed E-state index contributed by atoms with van der Waals surface area (Å²) in [6.07, 6.45) is 1.19. The lowest BCUT2D eigenvalue weighted by Crippen LogP contribution is -2.25. The number of hydrogen-bond donors (Lipinski definition) is 2. The van der Waals surface area contributed by atoms with E-state index in [2.05, 4.69) is 34.7 Å². The molecule has 19 heavy (non-hydrogen) atoms. The van der Waals surface area contributed by atoms with Gasteiger partial charge < -0.3 is 15.1 Å². The molecule has 0 saturated carbocycles. The summed E-state index contributed by atoms with van der Waals surface area (Å²) in [5, 5.41) is 13.7. The average Bonchev–Trinajstić information content (AvgIpc) is 2.61. The van der Waals surface area contributed by atoms with E-state index in [4.69, 9.17) is 4.42 Å². The predicted molar refractivity (Wildman–Crippen MR) is 73.6 cm³/mol. The summed E-state index contributed by atoms with van der Waals surface area (Å²) in [7, 11) is -3.03. The normalized spacial score (nSPS) is 13.7. The number of sulfone groups is 1. The summed E-state index contributed by atoms with van der Waals surface area (Å²) in [4.78, 5) is 0. The highest BCUT2D eigenvalue weighted by Crippen LogP contribution is 2.07. The van der Waals surface area contributed by atoms with E-state index in [1.165, 1.54) is 6.26 Å². The van der Waals surface area contributed by atoms with E-state index in [9.17, 15) is 8.42 Å². The van der Waals surface area contributed by atoms with Gasteiger partial charge in [-0.05, 0) is 19.4 Å². The molecule has 1 heterocycles. The first-order valence-electron chi connectivity index (χ1n) is 6.23. The monoisotopic (exact) mass is 290 g/mol. The van der Waals surface area contributed by atoms with Gasteiger partial charge in [-0.2, -0.15) is 0 Å². The van der Waals surface area contributed by atoms with E-state index >= 15 is 0 Å². The van der Waals surface area contributed by atoms with Gasteiger partial charge in [-0.1, -0.05) is 18.9 Å². The maximum Gasteiger partial charge on any atom is 0.315 e. The van der Waals surface area contributed by atoms with Gasteiger partial charge in [0.2, 0.25) is 5.89 Å². The second kappa shape index (κ2) is 6.85. The molecule has 1 rings (SSSR count). The zero-order valence-electron chi connectivity index (χ0n) is 11.8. The molecule has 1 atom stereocenters. The fourth-order valence-electron chi connectivity index (χ4n) is 1.56. The summed E-state index contributed by atoms with van der Waals surface area (Å²) in [5.41, 5.74) is 0. The minimum absolute atomic E-state index is 0.0241. The largest absolute Gasteiger partial charge is 0.407 e. The molecule has 2 N–H and O–H groups in total. The van der Waals surface area contributed by atoms with Crippen molar-refractivity contribution < 1.29 is 12.8 Å². The van der Waals surface area contributed by atoms with Gasteiger partial charge in [0.15, 0.2) is 0 Å². The van der Waals surface area contributed by atoms with Gasteiger partial charge in [0.25, 0.3) is 0 Å². The number of anilines is 1. The van der Waals surface area contributed by atoms with Gasteiger partial charge in [0, 0.05) is 12.3 Å². The summed E-state index contributed by atoms with van der Waals surface area (Å²) in [6, 6.07) is -0.0237. The summed E-state index contributed by atoms with van der Waals surface area (Å²) >= 11 is 0. The fraction of sp³-hybridized carbons (Fsp3) is 0.818. The van der Waals surface area contributed by atoms with Gasteiger partial charge in [-0.3, -0.25) is 0 Å². The molecule has 0 radical (unpaired) electrons. The Balaban J connectivity index is 2.42. The van der Waals surface area contributed by atoms with E-state index in [1.54, 1.807) is 6.92 Å². The molecule has 0 aliphatic carbocycles. The zero-order chi connectivity index (χ0) is 14.5. The summed E-state index contributed by atoms with van der Waals surface area (Å²) in [5.74, 6) is 1.06. The third-order valence-corrected chi connectivity index (χ3v) is 3.32. The number of hydrogen-bond acceptors (Lipinski definition) is 7. The van der Waals surface area contributed by atoms with Crippen molar-refractivity contribution in [3.8, 4) is 0 Å². The first-order valence-corrected chi connectivity index (χ1v) is 8.29. The molecular weight excluding hydrogens is 268 g/mol. The van der Waals surface area contributed by atoms with Crippen LogP contribution in [-0.4, -0.2) is 43.2 Å². The molecule has 1 aromatic heterocycles. The highest BCUT2D eigenvalue weighted by atomic mass is 32.2. The van der Waals surface area contributed by atoms with Crippen LogP contribution in [0.25, 0.3) is 0 Å². The number of nitrogens with one attached hydrogen (secondary N) is 2. The Bertz CT molecular complexity index is 484.